The maximum atomic E-state index is 11.2. The number of carbonyl (C=O) groups excluding carboxylic acids is 1. The minimum absolute atomic E-state index is 0.245. The van der Waals surface area contributed by atoms with Gasteiger partial charge in [-0.25, -0.2) is 4.79 Å². The number of carbonyl (C=O) groups is 1. The molecule has 0 aromatic heterocycles. The fraction of sp³-hybridized carbons (Fsp3) is 0.611. The Morgan fingerprint density at radius 1 is 0.950 bits per heavy atom. The Labute approximate surface area is 124 Å². The van der Waals surface area contributed by atoms with Gasteiger partial charge < -0.3 is 4.74 Å². The fourth-order valence-electron chi connectivity index (χ4n) is 2.01. The molecule has 0 heterocycles. The van der Waals surface area contributed by atoms with Crippen LogP contribution < -0.4 is 0 Å². The van der Waals surface area contributed by atoms with E-state index in [2.05, 4.69) is 44.6 Å². The van der Waals surface area contributed by atoms with Crippen LogP contribution in [0.3, 0.4) is 0 Å². The van der Waals surface area contributed by atoms with Gasteiger partial charge in [-0.3, -0.25) is 0 Å². The molecule has 0 aromatic rings. The molecule has 0 aliphatic heterocycles. The summed E-state index contributed by atoms with van der Waals surface area (Å²) in [5.41, 5.74) is 4.05. The maximum absolute atomic E-state index is 11.2. The van der Waals surface area contributed by atoms with Crippen LogP contribution in [0.15, 0.2) is 34.9 Å². The number of hydrogen-bond donors (Lipinski definition) is 0. The van der Waals surface area contributed by atoms with E-state index in [9.17, 15) is 4.79 Å². The zero-order valence-electron chi connectivity index (χ0n) is 13.8. The van der Waals surface area contributed by atoms with Crippen molar-refractivity contribution in [1.29, 1.82) is 0 Å². The summed E-state index contributed by atoms with van der Waals surface area (Å²) in [4.78, 5) is 11.2. The largest absolute Gasteiger partial charge is 0.466 e. The molecule has 0 aliphatic carbocycles. The predicted molar refractivity (Wildman–Crippen MR) is 86.7 cm³/mol. The number of allylic oxidation sites excluding steroid dienone is 5. The van der Waals surface area contributed by atoms with Crippen LogP contribution in [-0.4, -0.2) is 13.1 Å². The Morgan fingerprint density at radius 3 is 2.00 bits per heavy atom. The minimum Gasteiger partial charge on any atom is -0.466 e. The Hall–Kier alpha value is -1.31. The zero-order chi connectivity index (χ0) is 15.4. The molecule has 114 valence electrons. The van der Waals surface area contributed by atoms with Crippen LogP contribution in [0.4, 0.5) is 0 Å². The number of hydrogen-bond acceptors (Lipinski definition) is 2. The Bertz CT molecular complexity index is 369. The van der Waals surface area contributed by atoms with Crippen molar-refractivity contribution >= 4 is 5.97 Å². The van der Waals surface area contributed by atoms with Crippen molar-refractivity contribution in [2.24, 2.45) is 0 Å². The smallest absolute Gasteiger partial charge is 0.330 e. The van der Waals surface area contributed by atoms with E-state index in [-0.39, 0.29) is 5.97 Å². The highest BCUT2D eigenvalue weighted by molar-refractivity contribution is 5.82. The first-order valence-electron chi connectivity index (χ1n) is 7.62. The summed E-state index contributed by atoms with van der Waals surface area (Å²) in [6.07, 6.45) is 12.5. The first-order valence-corrected chi connectivity index (χ1v) is 7.62. The van der Waals surface area contributed by atoms with Gasteiger partial charge in [0.1, 0.15) is 0 Å². The molecule has 0 bridgehead atoms. The summed E-state index contributed by atoms with van der Waals surface area (Å²) < 4.78 is 4.67. The molecule has 0 unspecified atom stereocenters. The lowest BCUT2D eigenvalue weighted by Crippen LogP contribution is -1.97. The lowest BCUT2D eigenvalue weighted by molar-refractivity contribution is -0.134. The first-order chi connectivity index (χ1) is 9.53. The summed E-state index contributed by atoms with van der Waals surface area (Å²) in [5.74, 6) is -0.245. The highest BCUT2D eigenvalue weighted by atomic mass is 16.5. The molecule has 0 aliphatic rings. The monoisotopic (exact) mass is 278 g/mol. The molecule has 0 saturated heterocycles. The third-order valence-electron chi connectivity index (χ3n) is 3.35. The van der Waals surface area contributed by atoms with Crippen LogP contribution in [0.25, 0.3) is 0 Å². The van der Waals surface area contributed by atoms with Crippen molar-refractivity contribution in [3.05, 3.63) is 34.9 Å². The summed E-state index contributed by atoms with van der Waals surface area (Å²) in [7, 11) is 1.42. The average molecular weight is 278 g/mol. The minimum atomic E-state index is -0.245. The highest BCUT2D eigenvalue weighted by Crippen LogP contribution is 2.16. The average Bonchev–Trinajstić information content (AvgIpc) is 2.43. The van der Waals surface area contributed by atoms with Crippen molar-refractivity contribution in [1.82, 2.24) is 0 Å². The zero-order valence-corrected chi connectivity index (χ0v) is 13.8. The summed E-state index contributed by atoms with van der Waals surface area (Å²) in [5, 5.41) is 0. The molecule has 2 heteroatoms. The molecule has 0 amide bonds. The molecule has 0 N–H and O–H groups in total. The van der Waals surface area contributed by atoms with Crippen molar-refractivity contribution in [3.63, 3.8) is 0 Å². The Balaban J connectivity index is 4.32. The van der Waals surface area contributed by atoms with Crippen molar-refractivity contribution in [2.45, 2.75) is 66.2 Å². The van der Waals surface area contributed by atoms with E-state index in [1.807, 2.05) is 0 Å². The lowest BCUT2D eigenvalue weighted by atomic mass is 10.0. The molecule has 20 heavy (non-hydrogen) atoms. The van der Waals surface area contributed by atoms with Crippen LogP contribution >= 0.6 is 0 Å². The van der Waals surface area contributed by atoms with Crippen LogP contribution in [-0.2, 0) is 9.53 Å². The number of ether oxygens (including phenoxy) is 1. The van der Waals surface area contributed by atoms with E-state index < -0.39 is 0 Å². The second kappa shape index (κ2) is 11.5. The van der Waals surface area contributed by atoms with Crippen LogP contribution in [0, 0.1) is 0 Å². The van der Waals surface area contributed by atoms with Crippen LogP contribution in [0.5, 0.6) is 0 Å². The van der Waals surface area contributed by atoms with Crippen molar-refractivity contribution in [3.8, 4) is 0 Å². The number of rotatable bonds is 9. The standard InChI is InChI=1S/C18H30O2/c1-6-16(11-8-10-15(3)4)12-9-13-17(7-2)14-18(19)20-5/h10,12,14H,6-9,11,13H2,1-5H3/b16-12+,17-14+. The molecular formula is C18H30O2. The van der Waals surface area contributed by atoms with Gasteiger partial charge in [-0.2, -0.15) is 0 Å². The second-order valence-electron chi connectivity index (χ2n) is 5.25. The Morgan fingerprint density at radius 2 is 1.50 bits per heavy atom. The van der Waals surface area contributed by atoms with Crippen molar-refractivity contribution < 1.29 is 9.53 Å². The Kier molecular flexibility index (Phi) is 10.8. The molecule has 0 fully saturated rings. The van der Waals surface area contributed by atoms with Gasteiger partial charge in [0.2, 0.25) is 0 Å². The van der Waals surface area contributed by atoms with E-state index in [0.717, 1.165) is 44.1 Å². The third-order valence-corrected chi connectivity index (χ3v) is 3.35. The molecule has 0 radical (unpaired) electrons. The van der Waals surface area contributed by atoms with E-state index in [0.29, 0.717) is 0 Å². The molecule has 2 nitrogen and oxygen atoms in total. The fourth-order valence-corrected chi connectivity index (χ4v) is 2.01. The van der Waals surface area contributed by atoms with Gasteiger partial charge in [0.25, 0.3) is 0 Å². The predicted octanol–water partition coefficient (Wildman–Crippen LogP) is 5.36. The quantitative estimate of drug-likeness (QED) is 0.322. The summed E-state index contributed by atoms with van der Waals surface area (Å²) in [6, 6.07) is 0. The van der Waals surface area contributed by atoms with Gasteiger partial charge in [-0.15, -0.1) is 0 Å². The van der Waals surface area contributed by atoms with Gasteiger partial charge in [0, 0.05) is 6.08 Å². The molecular weight excluding hydrogens is 248 g/mol. The SMILES string of the molecule is CC/C(=C\CC/C(=C/C(=O)OC)CC)CCC=C(C)C. The van der Waals surface area contributed by atoms with E-state index in [4.69, 9.17) is 0 Å². The molecule has 0 spiro atoms. The van der Waals surface area contributed by atoms with E-state index >= 15 is 0 Å². The van der Waals surface area contributed by atoms with E-state index in [1.54, 1.807) is 6.08 Å². The van der Waals surface area contributed by atoms with Gasteiger partial charge in [0.05, 0.1) is 7.11 Å². The van der Waals surface area contributed by atoms with Gasteiger partial charge >= 0.3 is 5.97 Å². The van der Waals surface area contributed by atoms with Crippen LogP contribution in [0.2, 0.25) is 0 Å². The van der Waals surface area contributed by atoms with Gasteiger partial charge in [0.15, 0.2) is 0 Å². The van der Waals surface area contributed by atoms with Crippen molar-refractivity contribution in [2.75, 3.05) is 7.11 Å². The van der Waals surface area contributed by atoms with Gasteiger partial charge in [-0.1, -0.05) is 42.7 Å². The second-order valence-corrected chi connectivity index (χ2v) is 5.25. The number of esters is 1. The first kappa shape index (κ1) is 18.7. The number of methoxy groups -OCH3 is 1. The summed E-state index contributed by atoms with van der Waals surface area (Å²) in [6.45, 7) is 8.56. The topological polar surface area (TPSA) is 26.3 Å². The lowest BCUT2D eigenvalue weighted by Gasteiger charge is -2.05. The summed E-state index contributed by atoms with van der Waals surface area (Å²) >= 11 is 0. The molecule has 0 atom stereocenters. The normalized spacial score (nSPS) is 12.2. The highest BCUT2D eigenvalue weighted by Gasteiger charge is 2.00. The molecule has 0 rings (SSSR count). The van der Waals surface area contributed by atoms with Crippen LogP contribution in [0.1, 0.15) is 66.2 Å². The third kappa shape index (κ3) is 9.60. The van der Waals surface area contributed by atoms with E-state index in [1.165, 1.54) is 18.3 Å². The maximum Gasteiger partial charge on any atom is 0.330 e. The van der Waals surface area contributed by atoms with Gasteiger partial charge in [-0.05, 0) is 52.4 Å². The molecule has 0 saturated carbocycles. The molecule has 0 aromatic carbocycles.